The van der Waals surface area contributed by atoms with Gasteiger partial charge in [0.05, 0.1) is 17.8 Å². The topological polar surface area (TPSA) is 102 Å². The molecule has 0 spiro atoms. The maximum Gasteiger partial charge on any atom is 0.320 e. The first-order valence-corrected chi connectivity index (χ1v) is 10.4. The summed E-state index contributed by atoms with van der Waals surface area (Å²) in [4.78, 5) is 24.1. The molecule has 2 aromatic rings. The van der Waals surface area contributed by atoms with Crippen LogP contribution >= 0.6 is 11.8 Å². The number of carbonyl (C=O) groups is 2. The highest BCUT2D eigenvalue weighted by Gasteiger charge is 2.15. The van der Waals surface area contributed by atoms with Gasteiger partial charge in [0, 0.05) is 10.6 Å². The summed E-state index contributed by atoms with van der Waals surface area (Å²) in [6.07, 6.45) is 0. The van der Waals surface area contributed by atoms with Crippen LogP contribution in [0.25, 0.3) is 0 Å². The summed E-state index contributed by atoms with van der Waals surface area (Å²) >= 11 is 1.41. The highest BCUT2D eigenvalue weighted by atomic mass is 32.2. The van der Waals surface area contributed by atoms with Gasteiger partial charge in [-0.3, -0.25) is 9.59 Å². The van der Waals surface area contributed by atoms with Crippen molar-refractivity contribution >= 4 is 39.3 Å². The number of esters is 1. The molecule has 0 aliphatic heterocycles. The van der Waals surface area contributed by atoms with Gasteiger partial charge in [-0.2, -0.15) is 4.72 Å². The lowest BCUT2D eigenvalue weighted by molar-refractivity contribution is -0.139. The van der Waals surface area contributed by atoms with E-state index in [-0.39, 0.29) is 16.6 Å². The molecule has 0 bridgehead atoms. The molecule has 0 unspecified atom stereocenters. The molecule has 2 rings (SSSR count). The number of nitrogens with one attached hydrogen (secondary N) is 2. The van der Waals surface area contributed by atoms with E-state index >= 15 is 0 Å². The van der Waals surface area contributed by atoms with E-state index in [1.807, 2.05) is 31.2 Å². The molecule has 2 N–H and O–H groups in total. The van der Waals surface area contributed by atoms with Crippen LogP contribution in [0.15, 0.2) is 58.3 Å². The standard InChI is InChI=1S/C18H20N2O5S2/c1-13-3-7-15(8-4-13)26-12-17(21)20-14-5-9-16(10-6-14)27(23,24)19-11-18(22)25-2/h3-10,19H,11-12H2,1-2H3,(H,20,21). The summed E-state index contributed by atoms with van der Waals surface area (Å²) in [6.45, 7) is 1.55. The number of sulfonamides is 1. The minimum Gasteiger partial charge on any atom is -0.468 e. The molecule has 0 aliphatic carbocycles. The van der Waals surface area contributed by atoms with Crippen LogP contribution in [0.2, 0.25) is 0 Å². The summed E-state index contributed by atoms with van der Waals surface area (Å²) in [5, 5.41) is 2.71. The number of hydrogen-bond donors (Lipinski definition) is 2. The van der Waals surface area contributed by atoms with Gasteiger partial charge < -0.3 is 10.1 Å². The molecule has 0 radical (unpaired) electrons. The van der Waals surface area contributed by atoms with Crippen molar-refractivity contribution in [3.63, 3.8) is 0 Å². The number of anilines is 1. The number of carbonyl (C=O) groups excluding carboxylic acids is 2. The third kappa shape index (κ3) is 6.70. The minimum absolute atomic E-state index is 0.0153. The molecule has 27 heavy (non-hydrogen) atoms. The van der Waals surface area contributed by atoms with Gasteiger partial charge in [-0.1, -0.05) is 17.7 Å². The molecule has 0 aliphatic rings. The second-order valence-electron chi connectivity index (χ2n) is 5.57. The van der Waals surface area contributed by atoms with Gasteiger partial charge in [0.15, 0.2) is 0 Å². The van der Waals surface area contributed by atoms with E-state index < -0.39 is 22.5 Å². The van der Waals surface area contributed by atoms with Gasteiger partial charge in [0.1, 0.15) is 6.54 Å². The Labute approximate surface area is 162 Å². The first kappa shape index (κ1) is 20.9. The largest absolute Gasteiger partial charge is 0.468 e. The molecule has 9 heteroatoms. The number of rotatable bonds is 8. The zero-order valence-electron chi connectivity index (χ0n) is 14.9. The van der Waals surface area contributed by atoms with Gasteiger partial charge in [0.25, 0.3) is 0 Å². The lowest BCUT2D eigenvalue weighted by atomic mass is 10.2. The summed E-state index contributed by atoms with van der Waals surface area (Å²) in [5.74, 6) is -0.641. The van der Waals surface area contributed by atoms with Gasteiger partial charge in [-0.15, -0.1) is 11.8 Å². The number of ether oxygens (including phenoxy) is 1. The van der Waals surface area contributed by atoms with E-state index in [1.54, 1.807) is 0 Å². The Morgan fingerprint density at radius 2 is 1.67 bits per heavy atom. The zero-order valence-corrected chi connectivity index (χ0v) is 16.5. The van der Waals surface area contributed by atoms with Gasteiger partial charge in [0.2, 0.25) is 15.9 Å². The fourth-order valence-corrected chi connectivity index (χ4v) is 3.67. The van der Waals surface area contributed by atoms with Crippen LogP contribution < -0.4 is 10.0 Å². The van der Waals surface area contributed by atoms with Gasteiger partial charge >= 0.3 is 5.97 Å². The van der Waals surface area contributed by atoms with Crippen LogP contribution in [-0.4, -0.2) is 39.7 Å². The van der Waals surface area contributed by atoms with Crippen molar-refractivity contribution in [1.82, 2.24) is 4.72 Å². The summed E-state index contributed by atoms with van der Waals surface area (Å²) in [5.41, 5.74) is 1.64. The van der Waals surface area contributed by atoms with E-state index in [2.05, 4.69) is 14.8 Å². The number of benzene rings is 2. The van der Waals surface area contributed by atoms with E-state index in [4.69, 9.17) is 0 Å². The first-order valence-electron chi connectivity index (χ1n) is 7.96. The Hall–Kier alpha value is -2.36. The smallest absolute Gasteiger partial charge is 0.320 e. The summed E-state index contributed by atoms with van der Waals surface area (Å²) < 4.78 is 30.6. The highest BCUT2D eigenvalue weighted by molar-refractivity contribution is 8.00. The Balaban J connectivity index is 1.89. The lowest BCUT2D eigenvalue weighted by Crippen LogP contribution is -2.30. The van der Waals surface area contributed by atoms with Crippen molar-refractivity contribution in [2.45, 2.75) is 16.7 Å². The number of aryl methyl sites for hydroxylation is 1. The fourth-order valence-electron chi connectivity index (χ4n) is 2.01. The molecule has 2 aromatic carbocycles. The van der Waals surface area contributed by atoms with Crippen LogP contribution in [-0.2, 0) is 24.3 Å². The average molecular weight is 409 g/mol. The monoisotopic (exact) mass is 408 g/mol. The Bertz CT molecular complexity index is 894. The molecule has 7 nitrogen and oxygen atoms in total. The lowest BCUT2D eigenvalue weighted by Gasteiger charge is -2.08. The molecule has 0 aromatic heterocycles. The predicted octanol–water partition coefficient (Wildman–Crippen LogP) is 2.18. The quantitative estimate of drug-likeness (QED) is 0.513. The van der Waals surface area contributed by atoms with Crippen LogP contribution in [0, 0.1) is 6.92 Å². The van der Waals surface area contributed by atoms with Crippen molar-refractivity contribution < 1.29 is 22.7 Å². The van der Waals surface area contributed by atoms with E-state index in [1.165, 1.54) is 43.1 Å². The van der Waals surface area contributed by atoms with Crippen LogP contribution in [0.5, 0.6) is 0 Å². The number of amides is 1. The van der Waals surface area contributed by atoms with Crippen LogP contribution in [0.4, 0.5) is 5.69 Å². The third-order valence-electron chi connectivity index (χ3n) is 3.47. The SMILES string of the molecule is COC(=O)CNS(=O)(=O)c1ccc(NC(=O)CSc2ccc(C)cc2)cc1. The van der Waals surface area contributed by atoms with Gasteiger partial charge in [-0.25, -0.2) is 8.42 Å². The van der Waals surface area contributed by atoms with Crippen molar-refractivity contribution in [2.24, 2.45) is 0 Å². The average Bonchev–Trinajstić information content (AvgIpc) is 2.66. The molecular weight excluding hydrogens is 388 g/mol. The highest BCUT2D eigenvalue weighted by Crippen LogP contribution is 2.19. The van der Waals surface area contributed by atoms with Crippen LogP contribution in [0.1, 0.15) is 5.56 Å². The third-order valence-corrected chi connectivity index (χ3v) is 5.90. The molecule has 144 valence electrons. The zero-order chi connectivity index (χ0) is 19.9. The summed E-state index contributed by atoms with van der Waals surface area (Å²) in [7, 11) is -2.66. The Kier molecular flexibility index (Phi) is 7.40. The summed E-state index contributed by atoms with van der Waals surface area (Å²) in [6, 6.07) is 13.5. The molecule has 0 saturated carbocycles. The maximum atomic E-state index is 12.1. The molecule has 0 heterocycles. The number of thioether (sulfide) groups is 1. The normalized spacial score (nSPS) is 11.0. The van der Waals surface area contributed by atoms with Gasteiger partial charge in [-0.05, 0) is 43.3 Å². The van der Waals surface area contributed by atoms with Crippen molar-refractivity contribution in [3.05, 3.63) is 54.1 Å². The fraction of sp³-hybridized carbons (Fsp3) is 0.222. The minimum atomic E-state index is -3.83. The maximum absolute atomic E-state index is 12.1. The molecule has 0 fully saturated rings. The predicted molar refractivity (Wildman–Crippen MR) is 104 cm³/mol. The van der Waals surface area contributed by atoms with E-state index in [0.717, 1.165) is 10.5 Å². The molecule has 0 saturated heterocycles. The van der Waals surface area contributed by atoms with Crippen molar-refractivity contribution in [2.75, 3.05) is 24.7 Å². The second kappa shape index (κ2) is 9.54. The van der Waals surface area contributed by atoms with Crippen molar-refractivity contribution in [1.29, 1.82) is 0 Å². The van der Waals surface area contributed by atoms with E-state index in [0.29, 0.717) is 5.69 Å². The number of methoxy groups -OCH3 is 1. The Morgan fingerprint density at radius 1 is 1.04 bits per heavy atom. The van der Waals surface area contributed by atoms with Crippen molar-refractivity contribution in [3.8, 4) is 0 Å². The second-order valence-corrected chi connectivity index (χ2v) is 8.39. The number of hydrogen-bond acceptors (Lipinski definition) is 6. The Morgan fingerprint density at radius 3 is 2.26 bits per heavy atom. The molecule has 0 atom stereocenters. The first-order chi connectivity index (χ1) is 12.8. The molecular formula is C18H20N2O5S2. The molecule has 1 amide bonds. The van der Waals surface area contributed by atoms with E-state index in [9.17, 15) is 18.0 Å². The van der Waals surface area contributed by atoms with Crippen LogP contribution in [0.3, 0.4) is 0 Å².